The Bertz CT molecular complexity index is 1140. The lowest BCUT2D eigenvalue weighted by Gasteiger charge is -2.12. The summed E-state index contributed by atoms with van der Waals surface area (Å²) in [4.78, 5) is 24.5. The fourth-order valence-electron chi connectivity index (χ4n) is 2.91. The van der Waals surface area contributed by atoms with Crippen LogP contribution in [0.15, 0.2) is 78.9 Å². The Morgan fingerprint density at radius 3 is 1.97 bits per heavy atom. The monoisotopic (exact) mass is 486 g/mol. The van der Waals surface area contributed by atoms with Crippen molar-refractivity contribution in [1.29, 1.82) is 0 Å². The molecule has 3 aromatic rings. The molecule has 176 valence electrons. The van der Waals surface area contributed by atoms with Gasteiger partial charge >= 0.3 is 6.18 Å². The number of carbonyl (C=O) groups is 2. The number of amides is 2. The van der Waals surface area contributed by atoms with Crippen LogP contribution in [0.25, 0.3) is 0 Å². The first-order chi connectivity index (χ1) is 16.2. The Balaban J connectivity index is 1.44. The molecule has 3 aromatic carbocycles. The molecule has 4 N–H and O–H groups in total. The first-order valence-corrected chi connectivity index (χ1v) is 10.6. The number of benzene rings is 3. The van der Waals surface area contributed by atoms with E-state index in [2.05, 4.69) is 21.5 Å². The number of carbonyl (C=O) groups excluding carboxylic acids is 2. The van der Waals surface area contributed by atoms with Crippen LogP contribution in [-0.4, -0.2) is 23.5 Å². The van der Waals surface area contributed by atoms with Crippen LogP contribution in [0.5, 0.6) is 0 Å². The molecule has 0 spiro atoms. The second kappa shape index (κ2) is 11.3. The first-order valence-electron chi connectivity index (χ1n) is 10.2. The van der Waals surface area contributed by atoms with Crippen molar-refractivity contribution in [2.24, 2.45) is 0 Å². The van der Waals surface area contributed by atoms with Gasteiger partial charge in [-0.3, -0.25) is 20.4 Å². The summed E-state index contributed by atoms with van der Waals surface area (Å²) >= 11 is 5.13. The van der Waals surface area contributed by atoms with Crippen LogP contribution in [0.3, 0.4) is 0 Å². The molecule has 2 amide bonds. The zero-order valence-electron chi connectivity index (χ0n) is 17.8. The van der Waals surface area contributed by atoms with Gasteiger partial charge in [0.05, 0.1) is 5.56 Å². The Morgan fingerprint density at radius 2 is 1.35 bits per heavy atom. The summed E-state index contributed by atoms with van der Waals surface area (Å²) in [6.07, 6.45) is -3.70. The van der Waals surface area contributed by atoms with Gasteiger partial charge in [0.15, 0.2) is 5.11 Å². The maximum atomic E-state index is 12.6. The molecule has 0 saturated heterocycles. The Hall–Kier alpha value is -3.92. The number of anilines is 1. The van der Waals surface area contributed by atoms with E-state index in [9.17, 15) is 22.8 Å². The van der Waals surface area contributed by atoms with Gasteiger partial charge < -0.3 is 10.6 Å². The van der Waals surface area contributed by atoms with Crippen molar-refractivity contribution in [2.75, 3.05) is 11.9 Å². The number of hydrogen-bond donors (Lipinski definition) is 4. The SMILES string of the molecule is O=C(NNC(=S)NCCc1ccccc1)c1ccc(NC(=O)c2ccc(C(F)(F)F)cc2)cc1. The lowest BCUT2D eigenvalue weighted by Crippen LogP contribution is -2.47. The van der Waals surface area contributed by atoms with Gasteiger partial charge in [-0.15, -0.1) is 0 Å². The van der Waals surface area contributed by atoms with Gasteiger partial charge in [0.25, 0.3) is 11.8 Å². The molecule has 6 nitrogen and oxygen atoms in total. The highest BCUT2D eigenvalue weighted by molar-refractivity contribution is 7.80. The summed E-state index contributed by atoms with van der Waals surface area (Å²) in [6.45, 7) is 0.596. The molecule has 0 radical (unpaired) electrons. The minimum absolute atomic E-state index is 0.0762. The van der Waals surface area contributed by atoms with Crippen LogP contribution in [-0.2, 0) is 12.6 Å². The molecule has 0 fully saturated rings. The van der Waals surface area contributed by atoms with E-state index in [1.165, 1.54) is 24.3 Å². The normalized spacial score (nSPS) is 10.8. The lowest BCUT2D eigenvalue weighted by molar-refractivity contribution is -0.137. The zero-order chi connectivity index (χ0) is 24.6. The lowest BCUT2D eigenvalue weighted by atomic mass is 10.1. The van der Waals surface area contributed by atoms with E-state index in [1.54, 1.807) is 0 Å². The summed E-state index contributed by atoms with van der Waals surface area (Å²) in [7, 11) is 0. The van der Waals surface area contributed by atoms with E-state index in [0.717, 1.165) is 36.2 Å². The molecule has 0 heterocycles. The maximum absolute atomic E-state index is 12.6. The Labute approximate surface area is 199 Å². The van der Waals surface area contributed by atoms with Crippen molar-refractivity contribution >= 4 is 34.8 Å². The largest absolute Gasteiger partial charge is 0.416 e. The molecule has 0 unspecified atom stereocenters. The molecule has 0 atom stereocenters. The fraction of sp³-hybridized carbons (Fsp3) is 0.125. The predicted molar refractivity (Wildman–Crippen MR) is 127 cm³/mol. The van der Waals surface area contributed by atoms with E-state index in [0.29, 0.717) is 17.8 Å². The summed E-state index contributed by atoms with van der Waals surface area (Å²) < 4.78 is 37.9. The molecule has 0 aliphatic rings. The quantitative estimate of drug-likeness (QED) is 0.308. The van der Waals surface area contributed by atoms with Crippen LogP contribution in [0, 0.1) is 0 Å². The molecular weight excluding hydrogens is 465 g/mol. The molecule has 34 heavy (non-hydrogen) atoms. The van der Waals surface area contributed by atoms with Gasteiger partial charge in [0, 0.05) is 23.4 Å². The molecule has 10 heteroatoms. The van der Waals surface area contributed by atoms with E-state index < -0.39 is 23.6 Å². The molecule has 0 aromatic heterocycles. The fourth-order valence-corrected chi connectivity index (χ4v) is 3.07. The van der Waals surface area contributed by atoms with Crippen LogP contribution < -0.4 is 21.5 Å². The van der Waals surface area contributed by atoms with Crippen molar-refractivity contribution < 1.29 is 22.8 Å². The number of thiocarbonyl (C=S) groups is 1. The maximum Gasteiger partial charge on any atom is 0.416 e. The Morgan fingerprint density at radius 1 is 0.765 bits per heavy atom. The number of nitrogens with one attached hydrogen (secondary N) is 4. The van der Waals surface area contributed by atoms with Crippen LogP contribution in [0.4, 0.5) is 18.9 Å². The van der Waals surface area contributed by atoms with Crippen molar-refractivity contribution in [3.05, 3.63) is 101 Å². The van der Waals surface area contributed by atoms with E-state index >= 15 is 0 Å². The van der Waals surface area contributed by atoms with Gasteiger partial charge in [-0.2, -0.15) is 13.2 Å². The third kappa shape index (κ3) is 7.31. The topological polar surface area (TPSA) is 82.3 Å². The van der Waals surface area contributed by atoms with Crippen LogP contribution in [0.1, 0.15) is 31.8 Å². The summed E-state index contributed by atoms with van der Waals surface area (Å²) in [5.74, 6) is -1.01. The zero-order valence-corrected chi connectivity index (χ0v) is 18.6. The molecule has 0 aliphatic heterocycles. The van der Waals surface area contributed by atoms with Crippen LogP contribution >= 0.6 is 12.2 Å². The van der Waals surface area contributed by atoms with E-state index in [4.69, 9.17) is 12.2 Å². The molecular formula is C24H21F3N4O2S. The first kappa shape index (κ1) is 24.7. The number of halogens is 3. The number of rotatable bonds is 6. The number of alkyl halides is 3. The average Bonchev–Trinajstić information content (AvgIpc) is 2.83. The third-order valence-electron chi connectivity index (χ3n) is 4.71. The second-order valence-electron chi connectivity index (χ2n) is 7.18. The van der Waals surface area contributed by atoms with Gasteiger partial charge in [-0.1, -0.05) is 30.3 Å². The van der Waals surface area contributed by atoms with E-state index in [1.807, 2.05) is 30.3 Å². The second-order valence-corrected chi connectivity index (χ2v) is 7.59. The standard InChI is InChI=1S/C24H21F3N4O2S/c25-24(26,27)19-10-6-17(7-11-19)21(32)29-20-12-8-18(9-13-20)22(33)30-31-23(34)28-15-14-16-4-2-1-3-5-16/h1-13H,14-15H2,(H,29,32)(H,30,33)(H2,28,31,34). The summed E-state index contributed by atoms with van der Waals surface area (Å²) in [5.41, 5.74) is 6.20. The molecule has 3 rings (SSSR count). The predicted octanol–water partition coefficient (Wildman–Crippen LogP) is 4.31. The van der Waals surface area contributed by atoms with Crippen molar-refractivity contribution in [3.8, 4) is 0 Å². The van der Waals surface area contributed by atoms with Crippen molar-refractivity contribution in [1.82, 2.24) is 16.2 Å². The van der Waals surface area contributed by atoms with Gasteiger partial charge in [0.1, 0.15) is 0 Å². The summed E-state index contributed by atoms with van der Waals surface area (Å²) in [6, 6.07) is 19.8. The minimum Gasteiger partial charge on any atom is -0.361 e. The van der Waals surface area contributed by atoms with Crippen molar-refractivity contribution in [3.63, 3.8) is 0 Å². The molecule has 0 aliphatic carbocycles. The smallest absolute Gasteiger partial charge is 0.361 e. The Kier molecular flexibility index (Phi) is 8.20. The van der Waals surface area contributed by atoms with Gasteiger partial charge in [-0.25, -0.2) is 0 Å². The number of hydrazine groups is 1. The minimum atomic E-state index is -4.47. The average molecular weight is 487 g/mol. The van der Waals surface area contributed by atoms with Gasteiger partial charge in [0.2, 0.25) is 0 Å². The van der Waals surface area contributed by atoms with Gasteiger partial charge in [-0.05, 0) is 72.7 Å². The highest BCUT2D eigenvalue weighted by Gasteiger charge is 2.30. The van der Waals surface area contributed by atoms with Crippen molar-refractivity contribution in [2.45, 2.75) is 12.6 Å². The highest BCUT2D eigenvalue weighted by Crippen LogP contribution is 2.29. The number of hydrogen-bond acceptors (Lipinski definition) is 3. The van der Waals surface area contributed by atoms with Crippen LogP contribution in [0.2, 0.25) is 0 Å². The highest BCUT2D eigenvalue weighted by atomic mass is 32.1. The third-order valence-corrected chi connectivity index (χ3v) is 4.96. The molecule has 0 saturated carbocycles. The molecule has 0 bridgehead atoms. The summed E-state index contributed by atoms with van der Waals surface area (Å²) in [5, 5.41) is 5.83. The van der Waals surface area contributed by atoms with E-state index in [-0.39, 0.29) is 10.7 Å².